The number of hydrogen-bond acceptors (Lipinski definition) is 1. The topological polar surface area (TPSA) is 17.1 Å². The van der Waals surface area contributed by atoms with Gasteiger partial charge >= 0.3 is 0 Å². The summed E-state index contributed by atoms with van der Waals surface area (Å²) >= 11 is 0. The highest BCUT2D eigenvalue weighted by Gasteiger charge is 2.18. The van der Waals surface area contributed by atoms with Crippen LogP contribution in [0.25, 0.3) is 0 Å². The zero-order valence-electron chi connectivity index (χ0n) is 7.39. The SMILES string of the molecule is CS(C)=CC(=O)C(C)(C)C. The first kappa shape index (κ1) is 9.89. The molecule has 0 N–H and O–H groups in total. The molecule has 0 aromatic carbocycles. The lowest BCUT2D eigenvalue weighted by molar-refractivity contribution is -0.118. The van der Waals surface area contributed by atoms with Crippen molar-refractivity contribution in [3.63, 3.8) is 0 Å². The van der Waals surface area contributed by atoms with E-state index >= 15 is 0 Å². The molecule has 0 fully saturated rings. The van der Waals surface area contributed by atoms with Crippen LogP contribution in [0.2, 0.25) is 0 Å². The van der Waals surface area contributed by atoms with Gasteiger partial charge < -0.3 is 0 Å². The molecule has 60 valence electrons. The summed E-state index contributed by atoms with van der Waals surface area (Å²) in [5, 5.41) is 1.81. The minimum atomic E-state index is -0.197. The molecule has 1 nitrogen and oxygen atoms in total. The molecule has 0 aromatic heterocycles. The summed E-state index contributed by atoms with van der Waals surface area (Å²) in [7, 11) is 0.133. The van der Waals surface area contributed by atoms with E-state index < -0.39 is 0 Å². The lowest BCUT2D eigenvalue weighted by Gasteiger charge is -2.13. The fourth-order valence-electron chi connectivity index (χ4n) is 0.391. The number of rotatable bonds is 1. The highest BCUT2D eigenvalue weighted by molar-refractivity contribution is 8.14. The van der Waals surface area contributed by atoms with Gasteiger partial charge in [0, 0.05) is 10.8 Å². The maximum Gasteiger partial charge on any atom is 0.166 e. The largest absolute Gasteiger partial charge is 0.294 e. The molecule has 0 spiro atoms. The van der Waals surface area contributed by atoms with Gasteiger partial charge in [-0.15, -0.1) is 0 Å². The third-order valence-corrected chi connectivity index (χ3v) is 1.77. The van der Waals surface area contributed by atoms with Crippen molar-refractivity contribution in [1.82, 2.24) is 0 Å². The van der Waals surface area contributed by atoms with Crippen molar-refractivity contribution in [3.8, 4) is 0 Å². The molecule has 0 atom stereocenters. The van der Waals surface area contributed by atoms with Crippen molar-refractivity contribution in [1.29, 1.82) is 0 Å². The van der Waals surface area contributed by atoms with E-state index in [0.717, 1.165) is 0 Å². The van der Waals surface area contributed by atoms with Crippen LogP contribution in [-0.4, -0.2) is 23.7 Å². The summed E-state index contributed by atoms with van der Waals surface area (Å²) in [6, 6.07) is 0. The van der Waals surface area contributed by atoms with Crippen LogP contribution in [0.15, 0.2) is 0 Å². The van der Waals surface area contributed by atoms with E-state index in [1.54, 1.807) is 5.37 Å². The minimum absolute atomic E-state index is 0.133. The van der Waals surface area contributed by atoms with Gasteiger partial charge in [0.25, 0.3) is 0 Å². The van der Waals surface area contributed by atoms with E-state index in [0.29, 0.717) is 0 Å². The van der Waals surface area contributed by atoms with Gasteiger partial charge in [-0.1, -0.05) is 20.8 Å². The monoisotopic (exact) mass is 160 g/mol. The van der Waals surface area contributed by atoms with Crippen LogP contribution in [0.4, 0.5) is 0 Å². The van der Waals surface area contributed by atoms with Gasteiger partial charge in [-0.2, -0.15) is 10.5 Å². The Hall–Kier alpha value is -0.110. The first-order chi connectivity index (χ1) is 4.34. The molecule has 2 heteroatoms. The van der Waals surface area contributed by atoms with E-state index in [4.69, 9.17) is 0 Å². The number of ketones is 1. The second kappa shape index (κ2) is 3.33. The quantitative estimate of drug-likeness (QED) is 0.536. The zero-order chi connectivity index (χ0) is 8.36. The van der Waals surface area contributed by atoms with Gasteiger partial charge in [-0.3, -0.25) is 4.79 Å². The van der Waals surface area contributed by atoms with Crippen LogP contribution in [0, 0.1) is 5.41 Å². The smallest absolute Gasteiger partial charge is 0.166 e. The second-order valence-corrected chi connectivity index (χ2v) is 5.61. The average molecular weight is 160 g/mol. The van der Waals surface area contributed by atoms with Crippen molar-refractivity contribution in [2.45, 2.75) is 20.8 Å². The van der Waals surface area contributed by atoms with Crippen LogP contribution in [0.3, 0.4) is 0 Å². The van der Waals surface area contributed by atoms with Crippen LogP contribution >= 0.6 is 10.5 Å². The fourth-order valence-corrected chi connectivity index (χ4v) is 1.17. The summed E-state index contributed by atoms with van der Waals surface area (Å²) in [4.78, 5) is 11.2. The van der Waals surface area contributed by atoms with E-state index in [9.17, 15) is 4.79 Å². The van der Waals surface area contributed by atoms with E-state index in [2.05, 4.69) is 0 Å². The first-order valence-electron chi connectivity index (χ1n) is 3.29. The zero-order valence-corrected chi connectivity index (χ0v) is 8.21. The highest BCUT2D eigenvalue weighted by atomic mass is 32.2. The van der Waals surface area contributed by atoms with Gasteiger partial charge in [0.15, 0.2) is 5.78 Å². The molecular weight excluding hydrogens is 144 g/mol. The van der Waals surface area contributed by atoms with Crippen LogP contribution < -0.4 is 0 Å². The summed E-state index contributed by atoms with van der Waals surface area (Å²) < 4.78 is 0. The summed E-state index contributed by atoms with van der Waals surface area (Å²) in [6.45, 7) is 5.83. The highest BCUT2D eigenvalue weighted by Crippen LogP contribution is 2.14. The van der Waals surface area contributed by atoms with Crippen LogP contribution in [0.5, 0.6) is 0 Å². The van der Waals surface area contributed by atoms with Crippen molar-refractivity contribution in [2.24, 2.45) is 5.41 Å². The molecule has 0 saturated carbocycles. The third kappa shape index (κ3) is 3.83. The first-order valence-corrected chi connectivity index (χ1v) is 5.40. The predicted molar refractivity (Wildman–Crippen MR) is 50.0 cm³/mol. The third-order valence-electron chi connectivity index (χ3n) is 1.08. The Labute approximate surface area is 65.8 Å². The molecule has 0 heterocycles. The Kier molecular flexibility index (Phi) is 3.29. The van der Waals surface area contributed by atoms with E-state index in [1.165, 1.54) is 0 Å². The lowest BCUT2D eigenvalue weighted by Crippen LogP contribution is -2.20. The Morgan fingerprint density at radius 2 is 1.70 bits per heavy atom. The standard InChI is InChI=1S/C8H16OS/c1-8(2,3)7(9)6-10(4)5/h6H,1-5H3. The molecule has 0 saturated heterocycles. The van der Waals surface area contributed by atoms with Gasteiger partial charge in [0.1, 0.15) is 0 Å². The fraction of sp³-hybridized carbons (Fsp3) is 0.750. The summed E-state index contributed by atoms with van der Waals surface area (Å²) in [6.07, 6.45) is 4.09. The van der Waals surface area contributed by atoms with Crippen molar-refractivity contribution >= 4 is 21.6 Å². The molecule has 0 unspecified atom stereocenters. The van der Waals surface area contributed by atoms with Gasteiger partial charge in [0.2, 0.25) is 0 Å². The van der Waals surface area contributed by atoms with Gasteiger partial charge in [-0.05, 0) is 12.5 Å². The number of carbonyl (C=O) groups excluding carboxylic acids is 1. The molecule has 0 rings (SSSR count). The normalized spacial score (nSPS) is 11.8. The maximum absolute atomic E-state index is 11.2. The second-order valence-electron chi connectivity index (χ2n) is 3.61. The van der Waals surface area contributed by atoms with Gasteiger partial charge in [0.05, 0.1) is 0 Å². The van der Waals surface area contributed by atoms with Crippen LogP contribution in [0.1, 0.15) is 20.8 Å². The molecule has 10 heavy (non-hydrogen) atoms. The Morgan fingerprint density at radius 1 is 1.30 bits per heavy atom. The maximum atomic E-state index is 11.2. The van der Waals surface area contributed by atoms with E-state index in [-0.39, 0.29) is 21.7 Å². The molecule has 0 aliphatic heterocycles. The molecule has 0 amide bonds. The Morgan fingerprint density at radius 3 is 1.80 bits per heavy atom. The summed E-state index contributed by atoms with van der Waals surface area (Å²) in [5.74, 6) is 0.251. The Bertz CT molecular complexity index is 159. The molecule has 0 aliphatic rings. The summed E-state index contributed by atoms with van der Waals surface area (Å²) in [5.41, 5.74) is -0.197. The molecule has 0 aliphatic carbocycles. The predicted octanol–water partition coefficient (Wildman–Crippen LogP) is 1.93. The number of Topliss-reactive ketones (excluding diaryl/α,β-unsaturated/α-hetero) is 1. The number of carbonyl (C=O) groups is 1. The average Bonchev–Trinajstić information content (AvgIpc) is 1.60. The van der Waals surface area contributed by atoms with E-state index in [1.807, 2.05) is 33.3 Å². The lowest BCUT2D eigenvalue weighted by atomic mass is 9.92. The Balaban J connectivity index is 4.27. The minimum Gasteiger partial charge on any atom is -0.294 e. The van der Waals surface area contributed by atoms with Crippen molar-refractivity contribution in [2.75, 3.05) is 12.5 Å². The van der Waals surface area contributed by atoms with Crippen molar-refractivity contribution < 1.29 is 4.79 Å². The molecule has 0 radical (unpaired) electrons. The van der Waals surface area contributed by atoms with Crippen LogP contribution in [-0.2, 0) is 4.79 Å². The molecule has 0 aromatic rings. The molecular formula is C8H16OS. The number of hydrogen-bond donors (Lipinski definition) is 0. The van der Waals surface area contributed by atoms with Crippen molar-refractivity contribution in [3.05, 3.63) is 0 Å². The van der Waals surface area contributed by atoms with Gasteiger partial charge in [-0.25, -0.2) is 0 Å². The molecule has 0 bridgehead atoms.